The van der Waals surface area contributed by atoms with Crippen molar-refractivity contribution in [2.75, 3.05) is 19.6 Å². The predicted molar refractivity (Wildman–Crippen MR) is 125 cm³/mol. The Morgan fingerprint density at radius 3 is 2.25 bits per heavy atom. The van der Waals surface area contributed by atoms with Gasteiger partial charge in [-0.1, -0.05) is 11.6 Å². The molecule has 1 atom stereocenters. The third-order valence-electron chi connectivity index (χ3n) is 6.29. The van der Waals surface area contributed by atoms with Crippen molar-refractivity contribution in [1.29, 1.82) is 0 Å². The number of piperazine rings is 1. The fraction of sp³-hybridized carbons (Fsp3) is 0.652. The molecule has 1 aromatic carbocycles. The zero-order valence-electron chi connectivity index (χ0n) is 20.3. The van der Waals surface area contributed by atoms with Crippen LogP contribution in [-0.2, 0) is 14.0 Å². The molecule has 1 aromatic rings. The van der Waals surface area contributed by atoms with E-state index in [1.807, 2.05) is 55.4 Å². The van der Waals surface area contributed by atoms with Gasteiger partial charge in [-0.15, -0.1) is 0 Å². The molecule has 2 heterocycles. The van der Waals surface area contributed by atoms with Gasteiger partial charge in [0.05, 0.1) is 11.2 Å². The van der Waals surface area contributed by atoms with E-state index in [2.05, 4.69) is 0 Å². The van der Waals surface area contributed by atoms with E-state index in [0.717, 1.165) is 0 Å². The molecule has 2 saturated heterocycles. The van der Waals surface area contributed by atoms with E-state index in [1.54, 1.807) is 28.0 Å². The maximum Gasteiger partial charge on any atom is 0.496 e. The molecule has 0 aliphatic carbocycles. The summed E-state index contributed by atoms with van der Waals surface area (Å²) in [5, 5.41) is 0.489. The number of ether oxygens (including phenoxy) is 1. The standard InChI is InChI=1S/C23H34BClN2O5/c1-15-14-26(20(29)30-21(2,3)4)11-12-27(15)19(28)16-9-10-18(25)17(13-16)24-31-22(5,6)23(7,8)32-24/h9-10,13,15H,11-12,14H2,1-8H3/t15-/m1/s1. The summed E-state index contributed by atoms with van der Waals surface area (Å²) in [7, 11) is -0.651. The summed E-state index contributed by atoms with van der Waals surface area (Å²) in [6.07, 6.45) is -0.356. The molecule has 176 valence electrons. The summed E-state index contributed by atoms with van der Waals surface area (Å²) in [5.74, 6) is -0.115. The number of carbonyl (C=O) groups is 2. The first kappa shape index (κ1) is 24.9. The van der Waals surface area contributed by atoms with E-state index in [4.69, 9.17) is 25.6 Å². The molecule has 0 bridgehead atoms. The van der Waals surface area contributed by atoms with Crippen molar-refractivity contribution < 1.29 is 23.6 Å². The third-order valence-corrected chi connectivity index (χ3v) is 6.63. The maximum absolute atomic E-state index is 13.3. The quantitative estimate of drug-likeness (QED) is 0.624. The van der Waals surface area contributed by atoms with Gasteiger partial charge in [-0.3, -0.25) is 4.79 Å². The number of halogens is 1. The zero-order valence-corrected chi connectivity index (χ0v) is 21.1. The van der Waals surface area contributed by atoms with Crippen molar-refractivity contribution in [3.8, 4) is 0 Å². The molecular formula is C23H34BClN2O5. The third kappa shape index (κ3) is 5.08. The first-order chi connectivity index (χ1) is 14.6. The van der Waals surface area contributed by atoms with Crippen LogP contribution < -0.4 is 5.46 Å². The average Bonchev–Trinajstić information content (AvgIpc) is 2.87. The first-order valence-corrected chi connectivity index (χ1v) is 11.4. The first-order valence-electron chi connectivity index (χ1n) is 11.1. The second kappa shape index (κ2) is 8.54. The Hall–Kier alpha value is -1.77. The van der Waals surface area contributed by atoms with Gasteiger partial charge in [-0.25, -0.2) is 4.79 Å². The van der Waals surface area contributed by atoms with E-state index in [-0.39, 0.29) is 18.0 Å². The largest absolute Gasteiger partial charge is 0.496 e. The number of hydrogen-bond acceptors (Lipinski definition) is 5. The normalized spacial score (nSPS) is 22.8. The molecule has 9 heteroatoms. The summed E-state index contributed by atoms with van der Waals surface area (Å²) in [6.45, 7) is 16.6. The van der Waals surface area contributed by atoms with Crippen LogP contribution in [0.15, 0.2) is 18.2 Å². The van der Waals surface area contributed by atoms with Gasteiger partial charge < -0.3 is 23.8 Å². The Labute approximate surface area is 196 Å². The van der Waals surface area contributed by atoms with Gasteiger partial charge in [0.25, 0.3) is 5.91 Å². The van der Waals surface area contributed by atoms with Crippen LogP contribution in [0.1, 0.15) is 65.7 Å². The van der Waals surface area contributed by atoms with E-state index in [0.29, 0.717) is 35.7 Å². The lowest BCUT2D eigenvalue weighted by Gasteiger charge is -2.40. The number of carbonyl (C=O) groups excluding carboxylic acids is 2. The van der Waals surface area contributed by atoms with Gasteiger partial charge in [0, 0.05) is 41.7 Å². The summed E-state index contributed by atoms with van der Waals surface area (Å²) >= 11 is 6.45. The Kier molecular flexibility index (Phi) is 6.64. The van der Waals surface area contributed by atoms with Crippen LogP contribution in [0.5, 0.6) is 0 Å². The molecule has 0 radical (unpaired) electrons. The SMILES string of the molecule is C[C@@H]1CN(C(=O)OC(C)(C)C)CCN1C(=O)c1ccc(Cl)c(B2OC(C)(C)C(C)(C)O2)c1. The maximum atomic E-state index is 13.3. The second-order valence-electron chi connectivity index (χ2n) is 10.6. The lowest BCUT2D eigenvalue weighted by Crippen LogP contribution is -2.56. The van der Waals surface area contributed by atoms with Crippen LogP contribution in [0.2, 0.25) is 5.02 Å². The highest BCUT2D eigenvalue weighted by atomic mass is 35.5. The number of amides is 2. The van der Waals surface area contributed by atoms with Crippen LogP contribution in [0, 0.1) is 0 Å². The minimum atomic E-state index is -0.651. The average molecular weight is 465 g/mol. The van der Waals surface area contributed by atoms with Crippen LogP contribution >= 0.6 is 11.6 Å². The van der Waals surface area contributed by atoms with Crippen molar-refractivity contribution in [2.24, 2.45) is 0 Å². The second-order valence-corrected chi connectivity index (χ2v) is 11.0. The molecule has 7 nitrogen and oxygen atoms in total. The highest BCUT2D eigenvalue weighted by Gasteiger charge is 2.52. The van der Waals surface area contributed by atoms with Gasteiger partial charge >= 0.3 is 13.2 Å². The fourth-order valence-corrected chi connectivity index (χ4v) is 3.95. The van der Waals surface area contributed by atoms with E-state index in [1.165, 1.54) is 0 Å². The summed E-state index contributed by atoms with van der Waals surface area (Å²) in [6, 6.07) is 5.02. The summed E-state index contributed by atoms with van der Waals surface area (Å²) < 4.78 is 17.7. The molecule has 2 aliphatic heterocycles. The molecule has 0 N–H and O–H groups in total. The molecule has 3 rings (SSSR count). The summed E-state index contributed by atoms with van der Waals surface area (Å²) in [4.78, 5) is 29.1. The lowest BCUT2D eigenvalue weighted by molar-refractivity contribution is 0.00578. The van der Waals surface area contributed by atoms with Crippen LogP contribution in [0.25, 0.3) is 0 Å². The van der Waals surface area contributed by atoms with E-state index < -0.39 is 23.9 Å². The topological polar surface area (TPSA) is 68.3 Å². The highest BCUT2D eigenvalue weighted by molar-refractivity contribution is 6.65. The number of hydrogen-bond donors (Lipinski definition) is 0. The van der Waals surface area contributed by atoms with Crippen molar-refractivity contribution in [3.63, 3.8) is 0 Å². The van der Waals surface area contributed by atoms with Gasteiger partial charge in [0.2, 0.25) is 0 Å². The van der Waals surface area contributed by atoms with Gasteiger partial charge in [0.15, 0.2) is 0 Å². The smallest absolute Gasteiger partial charge is 0.444 e. The molecule has 0 spiro atoms. The van der Waals surface area contributed by atoms with Crippen LogP contribution in [0.3, 0.4) is 0 Å². The minimum absolute atomic E-state index is 0.115. The molecular weight excluding hydrogens is 431 g/mol. The molecule has 0 unspecified atom stereocenters. The molecule has 0 saturated carbocycles. The number of rotatable bonds is 2. The molecule has 2 amide bonds. The van der Waals surface area contributed by atoms with Gasteiger partial charge in [-0.05, 0) is 73.6 Å². The van der Waals surface area contributed by atoms with Crippen molar-refractivity contribution >= 4 is 36.2 Å². The number of benzene rings is 1. The van der Waals surface area contributed by atoms with Gasteiger partial charge in [-0.2, -0.15) is 0 Å². The van der Waals surface area contributed by atoms with E-state index >= 15 is 0 Å². The minimum Gasteiger partial charge on any atom is -0.444 e. The monoisotopic (exact) mass is 464 g/mol. The van der Waals surface area contributed by atoms with Crippen molar-refractivity contribution in [3.05, 3.63) is 28.8 Å². The van der Waals surface area contributed by atoms with Crippen LogP contribution in [-0.4, -0.2) is 71.4 Å². The zero-order chi connectivity index (χ0) is 24.1. The molecule has 32 heavy (non-hydrogen) atoms. The Morgan fingerprint density at radius 1 is 1.12 bits per heavy atom. The molecule has 2 fully saturated rings. The van der Waals surface area contributed by atoms with Crippen molar-refractivity contribution in [2.45, 2.75) is 78.2 Å². The van der Waals surface area contributed by atoms with Gasteiger partial charge in [0.1, 0.15) is 5.60 Å². The van der Waals surface area contributed by atoms with Crippen molar-refractivity contribution in [1.82, 2.24) is 9.80 Å². The molecule has 2 aliphatic rings. The Morgan fingerprint density at radius 2 is 1.72 bits per heavy atom. The Bertz CT molecular complexity index is 883. The fourth-order valence-electron chi connectivity index (χ4n) is 3.74. The lowest BCUT2D eigenvalue weighted by atomic mass is 9.78. The number of nitrogens with zero attached hydrogens (tertiary/aromatic N) is 2. The molecule has 0 aromatic heterocycles. The Balaban J connectivity index is 1.74. The highest BCUT2D eigenvalue weighted by Crippen LogP contribution is 2.37. The van der Waals surface area contributed by atoms with Crippen LogP contribution in [0.4, 0.5) is 4.79 Å². The predicted octanol–water partition coefficient (Wildman–Crippen LogP) is 3.72. The van der Waals surface area contributed by atoms with E-state index in [9.17, 15) is 9.59 Å². The summed E-state index contributed by atoms with van der Waals surface area (Å²) in [5.41, 5.74) is -0.422.